The van der Waals surface area contributed by atoms with Crippen LogP contribution in [0.2, 0.25) is 0 Å². The normalized spacial score (nSPS) is 10.7. The third-order valence-corrected chi connectivity index (χ3v) is 1.39. The zero-order valence-electron chi connectivity index (χ0n) is 7.56. The second-order valence-electron chi connectivity index (χ2n) is 2.44. The molecule has 7 nitrogen and oxygen atoms in total. The molecule has 1 heterocycles. The molecule has 4 N–H and O–H groups in total. The molecule has 1 rings (SSSR count). The first-order valence-corrected chi connectivity index (χ1v) is 3.63. The van der Waals surface area contributed by atoms with Gasteiger partial charge in [0.25, 0.3) is 0 Å². The molecule has 0 aromatic carbocycles. The Morgan fingerprint density at radius 3 is 2.23 bits per heavy atom. The van der Waals surface area contributed by atoms with Gasteiger partial charge < -0.3 is 16.3 Å². The third-order valence-electron chi connectivity index (χ3n) is 1.39. The van der Waals surface area contributed by atoms with Gasteiger partial charge in [0.1, 0.15) is 0 Å². The van der Waals surface area contributed by atoms with Gasteiger partial charge in [-0.05, 0) is 0 Å². The molecule has 0 aliphatic heterocycles. The summed E-state index contributed by atoms with van der Waals surface area (Å²) in [4.78, 5) is 16.3. The molecule has 1 aromatic rings. The lowest BCUT2D eigenvalue weighted by molar-refractivity contribution is -0.118. The van der Waals surface area contributed by atoms with Crippen molar-refractivity contribution in [2.24, 2.45) is 0 Å². The lowest BCUT2D eigenvalue weighted by Gasteiger charge is -2.11. The van der Waals surface area contributed by atoms with Crippen molar-refractivity contribution in [1.29, 1.82) is 0 Å². The topological polar surface area (TPSA) is 103 Å². The summed E-state index contributed by atoms with van der Waals surface area (Å²) >= 11 is 0. The molecular weight excluding hydrogens is 172 g/mol. The Bertz CT molecular complexity index is 270. The minimum absolute atomic E-state index is 0.118. The van der Waals surface area contributed by atoms with Crippen molar-refractivity contribution in [2.75, 3.05) is 25.6 Å². The van der Waals surface area contributed by atoms with Gasteiger partial charge in [0.15, 0.2) is 5.82 Å². The summed E-state index contributed by atoms with van der Waals surface area (Å²) in [5, 5.41) is 1.55. The highest BCUT2D eigenvalue weighted by atomic mass is 16.7. The first-order chi connectivity index (χ1) is 6.11. The molecule has 0 aliphatic carbocycles. The monoisotopic (exact) mass is 184 g/mol. The zero-order valence-corrected chi connectivity index (χ0v) is 7.56. The Morgan fingerprint density at radius 2 is 1.77 bits per heavy atom. The number of hydrogen-bond acceptors (Lipinski definition) is 7. The average molecular weight is 184 g/mol. The summed E-state index contributed by atoms with van der Waals surface area (Å²) in [5.74, 6) is 0.716. The van der Waals surface area contributed by atoms with Crippen LogP contribution in [0.3, 0.4) is 0 Å². The molecule has 0 saturated heterocycles. The molecule has 13 heavy (non-hydrogen) atoms. The summed E-state index contributed by atoms with van der Waals surface area (Å²) in [6.07, 6.45) is 0. The van der Waals surface area contributed by atoms with E-state index in [1.165, 1.54) is 0 Å². The number of anilines is 2. The smallest absolute Gasteiger partial charge is 0.225 e. The highest BCUT2D eigenvalue weighted by Crippen LogP contribution is 2.00. The summed E-state index contributed by atoms with van der Waals surface area (Å²) in [6, 6.07) is 0. The van der Waals surface area contributed by atoms with E-state index in [4.69, 9.17) is 16.3 Å². The fourth-order valence-corrected chi connectivity index (χ4v) is 0.791. The number of nitrogens with zero attached hydrogens (tertiary/aromatic N) is 4. The first-order valence-electron chi connectivity index (χ1n) is 3.63. The van der Waals surface area contributed by atoms with Crippen LogP contribution < -0.4 is 11.5 Å². The Kier molecular flexibility index (Phi) is 2.93. The molecule has 7 heteroatoms. The number of aromatic nitrogens is 3. The molecule has 0 atom stereocenters. The minimum Gasteiger partial charge on any atom is -0.368 e. The van der Waals surface area contributed by atoms with Gasteiger partial charge in [-0.25, -0.2) is 0 Å². The molecule has 0 bridgehead atoms. The van der Waals surface area contributed by atoms with Crippen molar-refractivity contribution in [2.45, 2.75) is 6.54 Å². The fraction of sp³-hybridized carbons (Fsp3) is 0.500. The lowest BCUT2D eigenvalue weighted by atomic mass is 10.6. The number of hydrogen-bond donors (Lipinski definition) is 2. The van der Waals surface area contributed by atoms with Crippen molar-refractivity contribution < 1.29 is 4.84 Å². The van der Waals surface area contributed by atoms with Gasteiger partial charge in [0.2, 0.25) is 11.9 Å². The SMILES string of the molecule is CON(C)Cc1nc(N)nc(N)n1. The van der Waals surface area contributed by atoms with Crippen LogP contribution in [-0.2, 0) is 11.4 Å². The molecular formula is C6H12N6O. The van der Waals surface area contributed by atoms with Crippen LogP contribution in [0.25, 0.3) is 0 Å². The number of nitrogen functional groups attached to an aromatic ring is 2. The maximum atomic E-state index is 5.38. The highest BCUT2D eigenvalue weighted by molar-refractivity contribution is 5.25. The van der Waals surface area contributed by atoms with Gasteiger partial charge in [-0.3, -0.25) is 0 Å². The van der Waals surface area contributed by atoms with E-state index < -0.39 is 0 Å². The van der Waals surface area contributed by atoms with E-state index in [1.807, 2.05) is 0 Å². The lowest BCUT2D eigenvalue weighted by Crippen LogP contribution is -2.19. The second kappa shape index (κ2) is 3.97. The number of nitrogens with two attached hydrogens (primary N) is 2. The van der Waals surface area contributed by atoms with Gasteiger partial charge in [-0.2, -0.15) is 20.0 Å². The minimum atomic E-state index is 0.118. The van der Waals surface area contributed by atoms with Crippen LogP contribution in [0.15, 0.2) is 0 Å². The van der Waals surface area contributed by atoms with E-state index in [9.17, 15) is 0 Å². The average Bonchev–Trinajstić information content (AvgIpc) is 2.02. The van der Waals surface area contributed by atoms with Crippen LogP contribution in [0.5, 0.6) is 0 Å². The Morgan fingerprint density at radius 1 is 1.23 bits per heavy atom. The Labute approximate surface area is 75.7 Å². The quantitative estimate of drug-likeness (QED) is 0.582. The molecule has 0 aliphatic rings. The standard InChI is InChI=1S/C6H12N6O/c1-12(13-2)3-4-9-5(7)11-6(8)10-4/h3H2,1-2H3,(H4,7,8,9,10,11). The molecule has 0 amide bonds. The van der Waals surface area contributed by atoms with Crippen molar-refractivity contribution in [3.63, 3.8) is 0 Å². The Balaban J connectivity index is 2.77. The van der Waals surface area contributed by atoms with E-state index >= 15 is 0 Å². The molecule has 0 fully saturated rings. The fourth-order valence-electron chi connectivity index (χ4n) is 0.791. The summed E-state index contributed by atoms with van der Waals surface area (Å²) in [5.41, 5.74) is 10.8. The van der Waals surface area contributed by atoms with Gasteiger partial charge in [-0.15, -0.1) is 0 Å². The van der Waals surface area contributed by atoms with Crippen LogP contribution in [0, 0.1) is 0 Å². The molecule has 72 valence electrons. The maximum Gasteiger partial charge on any atom is 0.225 e. The van der Waals surface area contributed by atoms with E-state index in [2.05, 4.69) is 15.0 Å². The largest absolute Gasteiger partial charge is 0.368 e. The van der Waals surface area contributed by atoms with Crippen molar-refractivity contribution >= 4 is 11.9 Å². The van der Waals surface area contributed by atoms with Crippen molar-refractivity contribution in [3.8, 4) is 0 Å². The third kappa shape index (κ3) is 2.80. The highest BCUT2D eigenvalue weighted by Gasteiger charge is 2.04. The molecule has 1 aromatic heterocycles. The van der Waals surface area contributed by atoms with E-state index in [0.29, 0.717) is 12.4 Å². The zero-order chi connectivity index (χ0) is 9.84. The molecule has 0 radical (unpaired) electrons. The van der Waals surface area contributed by atoms with E-state index in [0.717, 1.165) is 0 Å². The summed E-state index contributed by atoms with van der Waals surface area (Å²) < 4.78 is 0. The van der Waals surface area contributed by atoms with Gasteiger partial charge in [0, 0.05) is 7.05 Å². The van der Waals surface area contributed by atoms with Gasteiger partial charge in [-0.1, -0.05) is 0 Å². The predicted molar refractivity (Wildman–Crippen MR) is 47.1 cm³/mol. The first kappa shape index (κ1) is 9.62. The van der Waals surface area contributed by atoms with Crippen molar-refractivity contribution in [3.05, 3.63) is 5.82 Å². The van der Waals surface area contributed by atoms with Crippen LogP contribution >= 0.6 is 0 Å². The second-order valence-corrected chi connectivity index (χ2v) is 2.44. The van der Waals surface area contributed by atoms with Gasteiger partial charge >= 0.3 is 0 Å². The van der Waals surface area contributed by atoms with E-state index in [1.54, 1.807) is 19.2 Å². The molecule has 0 unspecified atom stereocenters. The Hall–Kier alpha value is -1.47. The molecule has 0 saturated carbocycles. The summed E-state index contributed by atoms with van der Waals surface area (Å²) in [6.45, 7) is 0.410. The number of rotatable bonds is 3. The van der Waals surface area contributed by atoms with Crippen LogP contribution in [0.1, 0.15) is 5.82 Å². The number of hydroxylamine groups is 2. The van der Waals surface area contributed by atoms with Crippen molar-refractivity contribution in [1.82, 2.24) is 20.0 Å². The summed E-state index contributed by atoms with van der Waals surface area (Å²) in [7, 11) is 3.30. The molecule has 0 spiro atoms. The van der Waals surface area contributed by atoms with Gasteiger partial charge in [0.05, 0.1) is 13.7 Å². The van der Waals surface area contributed by atoms with Crippen LogP contribution in [-0.4, -0.2) is 34.2 Å². The van der Waals surface area contributed by atoms with Crippen LogP contribution in [0.4, 0.5) is 11.9 Å². The van der Waals surface area contributed by atoms with E-state index in [-0.39, 0.29) is 11.9 Å². The maximum absolute atomic E-state index is 5.38. The predicted octanol–water partition coefficient (Wildman–Crippen LogP) is -0.971.